The number of hydrogen-bond acceptors (Lipinski definition) is 5. The summed E-state index contributed by atoms with van der Waals surface area (Å²) in [6.45, 7) is 2.34. The molecular weight excluding hydrogens is 340 g/mol. The Hall–Kier alpha value is -2.48. The number of amides is 2. The van der Waals surface area contributed by atoms with Crippen LogP contribution in [-0.2, 0) is 17.6 Å². The number of aryl methyl sites for hydroxylation is 1. The second kappa shape index (κ2) is 9.73. The fourth-order valence-electron chi connectivity index (χ4n) is 2.38. The first kappa shape index (κ1) is 18.9. The normalized spacial score (nSPS) is 11.7. The number of nitrogens with one attached hydrogen (secondary N) is 2. The molecule has 0 aliphatic carbocycles. The van der Waals surface area contributed by atoms with Crippen LogP contribution in [0.1, 0.15) is 28.4 Å². The summed E-state index contributed by atoms with van der Waals surface area (Å²) in [5.74, 6) is -0.869. The fraction of sp³-hybridized carbons (Fsp3) is 0.412. The van der Waals surface area contributed by atoms with E-state index in [1.54, 1.807) is 0 Å². The Morgan fingerprint density at radius 3 is 2.64 bits per heavy atom. The molecule has 1 aromatic carbocycles. The number of carboxylic acid groups (broad SMARTS) is 1. The smallest absolute Gasteiger partial charge is 0.315 e. The van der Waals surface area contributed by atoms with Gasteiger partial charge in [-0.25, -0.2) is 4.79 Å². The maximum Gasteiger partial charge on any atom is 0.315 e. The highest BCUT2D eigenvalue weighted by molar-refractivity contribution is 7.11. The maximum atomic E-state index is 12.1. The lowest BCUT2D eigenvalue weighted by atomic mass is 10.0. The van der Waals surface area contributed by atoms with E-state index >= 15 is 0 Å². The largest absolute Gasteiger partial charge is 0.481 e. The molecular formula is C17H22N4O3S. The Kier molecular flexibility index (Phi) is 7.34. The molecule has 7 nitrogen and oxygen atoms in total. The first-order chi connectivity index (χ1) is 12.0. The van der Waals surface area contributed by atoms with E-state index in [9.17, 15) is 9.59 Å². The molecule has 3 N–H and O–H groups in total. The molecule has 0 radical (unpaired) electrons. The molecule has 2 amide bonds. The zero-order valence-corrected chi connectivity index (χ0v) is 14.9. The third kappa shape index (κ3) is 7.30. The van der Waals surface area contributed by atoms with Crippen molar-refractivity contribution in [1.82, 2.24) is 20.8 Å². The molecule has 0 aliphatic heterocycles. The Balaban J connectivity index is 1.81. The van der Waals surface area contributed by atoms with Crippen LogP contribution < -0.4 is 10.6 Å². The molecule has 25 heavy (non-hydrogen) atoms. The minimum atomic E-state index is -0.869. The summed E-state index contributed by atoms with van der Waals surface area (Å²) in [5.41, 5.74) is 1.06. The first-order valence-electron chi connectivity index (χ1n) is 8.12. The van der Waals surface area contributed by atoms with Gasteiger partial charge in [0.15, 0.2) is 0 Å². The molecule has 0 fully saturated rings. The summed E-state index contributed by atoms with van der Waals surface area (Å²) < 4.78 is 0. The highest BCUT2D eigenvalue weighted by atomic mass is 32.1. The third-order valence-electron chi connectivity index (χ3n) is 3.56. The first-order valence-corrected chi connectivity index (χ1v) is 8.93. The molecule has 2 rings (SSSR count). The lowest BCUT2D eigenvalue weighted by Gasteiger charge is -2.18. The van der Waals surface area contributed by atoms with Crippen LogP contribution >= 0.6 is 11.3 Å². The number of benzene rings is 1. The molecule has 134 valence electrons. The van der Waals surface area contributed by atoms with E-state index in [4.69, 9.17) is 5.11 Å². The van der Waals surface area contributed by atoms with E-state index in [-0.39, 0.29) is 18.5 Å². The van der Waals surface area contributed by atoms with E-state index < -0.39 is 5.97 Å². The van der Waals surface area contributed by atoms with Gasteiger partial charge in [-0.1, -0.05) is 30.3 Å². The molecule has 1 aromatic heterocycles. The van der Waals surface area contributed by atoms with Gasteiger partial charge >= 0.3 is 12.0 Å². The lowest BCUT2D eigenvalue weighted by molar-refractivity contribution is -0.137. The summed E-state index contributed by atoms with van der Waals surface area (Å²) >= 11 is 1.51. The van der Waals surface area contributed by atoms with Crippen LogP contribution in [0.2, 0.25) is 0 Å². The minimum absolute atomic E-state index is 0.0157. The predicted octanol–water partition coefficient (Wildman–Crippen LogP) is 2.16. The van der Waals surface area contributed by atoms with Crippen molar-refractivity contribution in [3.05, 3.63) is 45.9 Å². The molecule has 8 heteroatoms. The van der Waals surface area contributed by atoms with Gasteiger partial charge in [0, 0.05) is 25.4 Å². The molecule has 2 aromatic rings. The number of carboxylic acids is 1. The highest BCUT2D eigenvalue weighted by Gasteiger charge is 2.14. The van der Waals surface area contributed by atoms with Gasteiger partial charge in [0.2, 0.25) is 0 Å². The van der Waals surface area contributed by atoms with Crippen LogP contribution in [0.25, 0.3) is 0 Å². The Morgan fingerprint density at radius 2 is 2.00 bits per heavy atom. The second-order valence-corrected chi connectivity index (χ2v) is 6.95. The van der Waals surface area contributed by atoms with Gasteiger partial charge in [0.25, 0.3) is 0 Å². The van der Waals surface area contributed by atoms with Gasteiger partial charge in [-0.2, -0.15) is 0 Å². The topological polar surface area (TPSA) is 104 Å². The van der Waals surface area contributed by atoms with Gasteiger partial charge in [-0.15, -0.1) is 21.5 Å². The van der Waals surface area contributed by atoms with E-state index in [0.29, 0.717) is 25.8 Å². The Morgan fingerprint density at radius 1 is 1.24 bits per heavy atom. The number of hydrogen-bond donors (Lipinski definition) is 3. The number of nitrogens with zero attached hydrogens (tertiary/aromatic N) is 2. The fourth-order valence-corrected chi connectivity index (χ4v) is 3.09. The number of rotatable bonds is 9. The van der Waals surface area contributed by atoms with Gasteiger partial charge in [0.05, 0.1) is 0 Å². The van der Waals surface area contributed by atoms with Gasteiger partial charge < -0.3 is 15.7 Å². The maximum absolute atomic E-state index is 12.1. The summed E-state index contributed by atoms with van der Waals surface area (Å²) in [4.78, 5) is 22.9. The van der Waals surface area contributed by atoms with E-state index in [0.717, 1.165) is 15.6 Å². The van der Waals surface area contributed by atoms with E-state index in [2.05, 4.69) is 20.8 Å². The average Bonchev–Trinajstić information content (AvgIpc) is 2.99. The predicted molar refractivity (Wildman–Crippen MR) is 95.7 cm³/mol. The quantitative estimate of drug-likeness (QED) is 0.634. The zero-order chi connectivity index (χ0) is 18.1. The van der Waals surface area contributed by atoms with Crippen LogP contribution in [0, 0.1) is 6.92 Å². The van der Waals surface area contributed by atoms with Gasteiger partial charge in [0.1, 0.15) is 10.0 Å². The number of aliphatic carboxylic acids is 1. The molecule has 0 saturated carbocycles. The van der Waals surface area contributed by atoms with Crippen molar-refractivity contribution in [2.24, 2.45) is 0 Å². The summed E-state index contributed by atoms with van der Waals surface area (Å²) in [6.07, 6.45) is 1.61. The van der Waals surface area contributed by atoms with Gasteiger partial charge in [-0.05, 0) is 25.3 Å². The van der Waals surface area contributed by atoms with Crippen molar-refractivity contribution in [3.8, 4) is 0 Å². The number of urea groups is 1. The van der Waals surface area contributed by atoms with Crippen LogP contribution in [0.15, 0.2) is 30.3 Å². The van der Waals surface area contributed by atoms with Crippen molar-refractivity contribution < 1.29 is 14.7 Å². The zero-order valence-electron chi connectivity index (χ0n) is 14.1. The average molecular weight is 362 g/mol. The van der Waals surface area contributed by atoms with Crippen molar-refractivity contribution in [1.29, 1.82) is 0 Å². The molecule has 1 atom stereocenters. The molecule has 0 aliphatic rings. The monoisotopic (exact) mass is 362 g/mol. The SMILES string of the molecule is Cc1nnc(CCNC(=O)NC(CCC(=O)O)Cc2ccccc2)s1. The number of aromatic nitrogens is 2. The summed E-state index contributed by atoms with van der Waals surface area (Å²) in [5, 5.41) is 24.3. The standard InChI is InChI=1S/C17H22N4O3S/c1-12-20-21-15(25-12)9-10-18-17(24)19-14(7-8-16(22)23)11-13-5-3-2-4-6-13/h2-6,14H,7-11H2,1H3,(H,22,23)(H2,18,19,24). The van der Waals surface area contributed by atoms with E-state index in [1.807, 2.05) is 37.3 Å². The molecule has 0 saturated heterocycles. The molecule has 0 spiro atoms. The minimum Gasteiger partial charge on any atom is -0.481 e. The molecule has 1 heterocycles. The number of carbonyl (C=O) groups excluding carboxylic acids is 1. The molecule has 1 unspecified atom stereocenters. The Bertz CT molecular complexity index is 690. The Labute approximate surface area is 150 Å². The van der Waals surface area contributed by atoms with E-state index in [1.165, 1.54) is 11.3 Å². The molecule has 0 bridgehead atoms. The summed E-state index contributed by atoms with van der Waals surface area (Å²) in [7, 11) is 0. The summed E-state index contributed by atoms with van der Waals surface area (Å²) in [6, 6.07) is 9.16. The van der Waals surface area contributed by atoms with Crippen molar-refractivity contribution in [2.45, 2.75) is 38.6 Å². The van der Waals surface area contributed by atoms with Gasteiger partial charge in [-0.3, -0.25) is 4.79 Å². The lowest BCUT2D eigenvalue weighted by Crippen LogP contribution is -2.44. The highest BCUT2D eigenvalue weighted by Crippen LogP contribution is 2.09. The second-order valence-electron chi connectivity index (χ2n) is 5.68. The van der Waals surface area contributed by atoms with Crippen molar-refractivity contribution >= 4 is 23.3 Å². The van der Waals surface area contributed by atoms with Crippen LogP contribution in [-0.4, -0.2) is 39.9 Å². The van der Waals surface area contributed by atoms with Crippen molar-refractivity contribution in [3.63, 3.8) is 0 Å². The third-order valence-corrected chi connectivity index (χ3v) is 4.46. The van der Waals surface area contributed by atoms with Crippen LogP contribution in [0.4, 0.5) is 4.79 Å². The van der Waals surface area contributed by atoms with Crippen molar-refractivity contribution in [2.75, 3.05) is 6.54 Å². The number of carbonyl (C=O) groups is 2. The van der Waals surface area contributed by atoms with Crippen LogP contribution in [0.3, 0.4) is 0 Å². The van der Waals surface area contributed by atoms with Crippen LogP contribution in [0.5, 0.6) is 0 Å².